The van der Waals surface area contributed by atoms with Crippen LogP contribution in [0.25, 0.3) is 0 Å². The summed E-state index contributed by atoms with van der Waals surface area (Å²) in [4.78, 5) is 0. The van der Waals surface area contributed by atoms with Gasteiger partial charge < -0.3 is 5.73 Å². The van der Waals surface area contributed by atoms with Crippen LogP contribution in [-0.2, 0) is 0 Å². The first-order valence-corrected chi connectivity index (χ1v) is 6.70. The summed E-state index contributed by atoms with van der Waals surface area (Å²) >= 11 is 6.20. The number of benzene rings is 2. The van der Waals surface area contributed by atoms with Crippen molar-refractivity contribution < 1.29 is 0 Å². The van der Waals surface area contributed by atoms with E-state index in [2.05, 4.69) is 30.3 Å². The van der Waals surface area contributed by atoms with E-state index in [4.69, 9.17) is 17.3 Å². The minimum Gasteiger partial charge on any atom is -0.324 e. The molecule has 1 aliphatic carbocycles. The van der Waals surface area contributed by atoms with E-state index in [1.165, 1.54) is 5.56 Å². The molecule has 3 rings (SSSR count). The van der Waals surface area contributed by atoms with Crippen molar-refractivity contribution in [1.29, 1.82) is 0 Å². The Bertz CT molecular complexity index is 541. The SMILES string of the molecule is Cl.NC(c1ccccc1Cl)C1CC1c1ccccc1. The first-order valence-electron chi connectivity index (χ1n) is 6.32. The lowest BCUT2D eigenvalue weighted by Crippen LogP contribution is -2.13. The van der Waals surface area contributed by atoms with Gasteiger partial charge >= 0.3 is 0 Å². The highest BCUT2D eigenvalue weighted by molar-refractivity contribution is 6.31. The molecule has 2 N–H and O–H groups in total. The Morgan fingerprint density at radius 1 is 1.00 bits per heavy atom. The zero-order chi connectivity index (χ0) is 12.5. The van der Waals surface area contributed by atoms with Crippen LogP contribution in [0.15, 0.2) is 54.6 Å². The molecule has 0 aliphatic heterocycles. The maximum absolute atomic E-state index is 6.34. The molecule has 0 bridgehead atoms. The van der Waals surface area contributed by atoms with Crippen LogP contribution in [0.4, 0.5) is 0 Å². The van der Waals surface area contributed by atoms with Crippen LogP contribution in [0, 0.1) is 5.92 Å². The van der Waals surface area contributed by atoms with Crippen LogP contribution in [0.5, 0.6) is 0 Å². The molecule has 0 radical (unpaired) electrons. The predicted octanol–water partition coefficient (Wildman–Crippen LogP) is 4.57. The molecule has 0 amide bonds. The molecule has 1 saturated carbocycles. The van der Waals surface area contributed by atoms with Crippen molar-refractivity contribution in [2.75, 3.05) is 0 Å². The van der Waals surface area contributed by atoms with Gasteiger partial charge in [0.2, 0.25) is 0 Å². The fourth-order valence-corrected chi connectivity index (χ4v) is 2.93. The van der Waals surface area contributed by atoms with Crippen LogP contribution in [-0.4, -0.2) is 0 Å². The van der Waals surface area contributed by atoms with Crippen LogP contribution in [0.2, 0.25) is 5.02 Å². The Kier molecular flexibility index (Phi) is 4.51. The summed E-state index contributed by atoms with van der Waals surface area (Å²) in [5.74, 6) is 1.12. The molecule has 1 aliphatic rings. The van der Waals surface area contributed by atoms with E-state index in [0.29, 0.717) is 11.8 Å². The van der Waals surface area contributed by atoms with Gasteiger partial charge in [-0.1, -0.05) is 60.1 Å². The van der Waals surface area contributed by atoms with Crippen molar-refractivity contribution in [2.24, 2.45) is 11.7 Å². The van der Waals surface area contributed by atoms with Crippen molar-refractivity contribution >= 4 is 24.0 Å². The van der Waals surface area contributed by atoms with E-state index < -0.39 is 0 Å². The quantitative estimate of drug-likeness (QED) is 0.882. The third kappa shape index (κ3) is 2.94. The molecule has 2 aromatic rings. The normalized spacial score (nSPS) is 22.4. The monoisotopic (exact) mass is 293 g/mol. The third-order valence-corrected chi connectivity index (χ3v) is 4.14. The number of halogens is 2. The van der Waals surface area contributed by atoms with Crippen LogP contribution in [0.1, 0.15) is 29.5 Å². The van der Waals surface area contributed by atoms with Gasteiger partial charge in [0, 0.05) is 11.1 Å². The predicted molar refractivity (Wildman–Crippen MR) is 82.9 cm³/mol. The van der Waals surface area contributed by atoms with Crippen LogP contribution in [0.3, 0.4) is 0 Å². The standard InChI is InChI=1S/C16H16ClN.ClH/c17-15-9-5-4-8-12(15)16(18)14-10-13(14)11-6-2-1-3-7-11;/h1-9,13-14,16H,10,18H2;1H. The van der Waals surface area contributed by atoms with E-state index in [-0.39, 0.29) is 18.4 Å². The molecule has 1 nitrogen and oxygen atoms in total. The molecule has 3 unspecified atom stereocenters. The zero-order valence-electron chi connectivity index (χ0n) is 10.5. The van der Waals surface area contributed by atoms with E-state index in [0.717, 1.165) is 17.0 Å². The highest BCUT2D eigenvalue weighted by atomic mass is 35.5. The highest BCUT2D eigenvalue weighted by Crippen LogP contribution is 2.53. The van der Waals surface area contributed by atoms with Gasteiger partial charge in [-0.3, -0.25) is 0 Å². The lowest BCUT2D eigenvalue weighted by molar-refractivity contribution is 0.616. The number of rotatable bonds is 3. The molecular weight excluding hydrogens is 277 g/mol. The smallest absolute Gasteiger partial charge is 0.0453 e. The number of hydrogen-bond acceptors (Lipinski definition) is 1. The van der Waals surface area contributed by atoms with Gasteiger partial charge in [-0.05, 0) is 35.4 Å². The summed E-state index contributed by atoms with van der Waals surface area (Å²) in [6.07, 6.45) is 1.16. The summed E-state index contributed by atoms with van der Waals surface area (Å²) in [6.45, 7) is 0. The average Bonchev–Trinajstić information content (AvgIpc) is 3.20. The Morgan fingerprint density at radius 2 is 1.63 bits per heavy atom. The summed E-state index contributed by atoms with van der Waals surface area (Å²) in [7, 11) is 0. The minimum absolute atomic E-state index is 0. The van der Waals surface area contributed by atoms with Gasteiger partial charge in [0.05, 0.1) is 0 Å². The molecule has 1 fully saturated rings. The van der Waals surface area contributed by atoms with Crippen LogP contribution < -0.4 is 5.73 Å². The second-order valence-corrected chi connectivity index (χ2v) is 5.37. The van der Waals surface area contributed by atoms with E-state index in [1.807, 2.05) is 24.3 Å². The second-order valence-electron chi connectivity index (χ2n) is 4.96. The molecular formula is C16H17Cl2N. The maximum Gasteiger partial charge on any atom is 0.0453 e. The summed E-state index contributed by atoms with van der Waals surface area (Å²) in [6, 6.07) is 18.5. The number of nitrogens with two attached hydrogens (primary N) is 1. The Balaban J connectivity index is 0.00000133. The van der Waals surface area contributed by atoms with Gasteiger partial charge in [0.15, 0.2) is 0 Å². The minimum atomic E-state index is 0. The first kappa shape index (κ1) is 14.4. The molecule has 0 spiro atoms. The van der Waals surface area contributed by atoms with Crippen molar-refractivity contribution in [3.8, 4) is 0 Å². The van der Waals surface area contributed by atoms with Gasteiger partial charge in [0.1, 0.15) is 0 Å². The second kappa shape index (κ2) is 5.96. The van der Waals surface area contributed by atoms with Crippen molar-refractivity contribution in [2.45, 2.75) is 18.4 Å². The fourth-order valence-electron chi connectivity index (χ4n) is 2.67. The molecule has 2 aromatic carbocycles. The summed E-state index contributed by atoms with van der Waals surface area (Å²) < 4.78 is 0. The van der Waals surface area contributed by atoms with E-state index >= 15 is 0 Å². The molecule has 0 saturated heterocycles. The zero-order valence-corrected chi connectivity index (χ0v) is 12.1. The highest BCUT2D eigenvalue weighted by Gasteiger charge is 2.43. The number of hydrogen-bond donors (Lipinski definition) is 1. The molecule has 0 heterocycles. The summed E-state index contributed by atoms with van der Waals surface area (Å²) in [5, 5.41) is 0.781. The van der Waals surface area contributed by atoms with Gasteiger partial charge in [-0.15, -0.1) is 12.4 Å². The lowest BCUT2D eigenvalue weighted by Gasteiger charge is -2.13. The largest absolute Gasteiger partial charge is 0.324 e. The van der Waals surface area contributed by atoms with Crippen molar-refractivity contribution in [1.82, 2.24) is 0 Å². The van der Waals surface area contributed by atoms with E-state index in [1.54, 1.807) is 0 Å². The lowest BCUT2D eigenvalue weighted by atomic mass is 9.99. The van der Waals surface area contributed by atoms with Crippen molar-refractivity contribution in [3.63, 3.8) is 0 Å². The van der Waals surface area contributed by atoms with Gasteiger partial charge in [-0.25, -0.2) is 0 Å². The average molecular weight is 294 g/mol. The molecule has 3 atom stereocenters. The van der Waals surface area contributed by atoms with Gasteiger partial charge in [0.25, 0.3) is 0 Å². The Labute approximate surface area is 125 Å². The van der Waals surface area contributed by atoms with E-state index in [9.17, 15) is 0 Å². The molecule has 100 valence electrons. The maximum atomic E-state index is 6.34. The summed E-state index contributed by atoms with van der Waals surface area (Å²) in [5.41, 5.74) is 8.81. The Hall–Kier alpha value is -1.02. The Morgan fingerprint density at radius 3 is 2.32 bits per heavy atom. The fraction of sp³-hybridized carbons (Fsp3) is 0.250. The molecule has 0 aromatic heterocycles. The molecule has 3 heteroatoms. The topological polar surface area (TPSA) is 26.0 Å². The molecule has 19 heavy (non-hydrogen) atoms. The first-order chi connectivity index (χ1) is 8.77. The van der Waals surface area contributed by atoms with Gasteiger partial charge in [-0.2, -0.15) is 0 Å². The van der Waals surface area contributed by atoms with Crippen molar-refractivity contribution in [3.05, 3.63) is 70.7 Å². The van der Waals surface area contributed by atoms with Crippen LogP contribution >= 0.6 is 24.0 Å². The third-order valence-electron chi connectivity index (χ3n) is 3.79.